The van der Waals surface area contributed by atoms with Crippen molar-refractivity contribution in [2.75, 3.05) is 11.4 Å². The van der Waals surface area contributed by atoms with Crippen LogP contribution >= 0.6 is 11.3 Å². The number of aldehydes is 1. The van der Waals surface area contributed by atoms with Crippen molar-refractivity contribution < 1.29 is 17.9 Å². The third kappa shape index (κ3) is 3.29. The summed E-state index contributed by atoms with van der Waals surface area (Å²) in [4.78, 5) is 15.5. The van der Waals surface area contributed by atoms with Crippen molar-refractivity contribution in [3.63, 3.8) is 0 Å². The van der Waals surface area contributed by atoms with Crippen molar-refractivity contribution in [2.45, 2.75) is 37.9 Å². The van der Waals surface area contributed by atoms with Gasteiger partial charge in [0.25, 0.3) is 10.0 Å². The SMILES string of the molecule is COc1ccc(N(C(C)C)S(=O)(=O)c2sc(C)nc2C)cc1C=O. The maximum absolute atomic E-state index is 13.1. The largest absolute Gasteiger partial charge is 0.496 e. The number of nitrogens with zero attached hydrogens (tertiary/aromatic N) is 2. The smallest absolute Gasteiger partial charge is 0.275 e. The zero-order chi connectivity index (χ0) is 18.1. The van der Waals surface area contributed by atoms with Crippen LogP contribution in [-0.4, -0.2) is 32.8 Å². The van der Waals surface area contributed by atoms with E-state index in [0.717, 1.165) is 11.3 Å². The number of hydrogen-bond acceptors (Lipinski definition) is 6. The number of carbonyl (C=O) groups is 1. The van der Waals surface area contributed by atoms with Gasteiger partial charge in [-0.3, -0.25) is 9.10 Å². The molecule has 0 amide bonds. The lowest BCUT2D eigenvalue weighted by atomic mass is 10.2. The summed E-state index contributed by atoms with van der Waals surface area (Å²) in [5.74, 6) is 0.402. The number of carbonyl (C=O) groups excluding carboxylic acids is 1. The van der Waals surface area contributed by atoms with Crippen molar-refractivity contribution in [3.05, 3.63) is 34.5 Å². The first-order chi connectivity index (χ1) is 11.2. The molecule has 0 atom stereocenters. The van der Waals surface area contributed by atoms with Gasteiger partial charge in [-0.15, -0.1) is 11.3 Å². The molecule has 130 valence electrons. The summed E-state index contributed by atoms with van der Waals surface area (Å²) in [7, 11) is -2.31. The maximum Gasteiger partial charge on any atom is 0.275 e. The van der Waals surface area contributed by atoms with Crippen LogP contribution in [0.5, 0.6) is 5.75 Å². The molecule has 0 bridgehead atoms. The van der Waals surface area contributed by atoms with Crippen LogP contribution in [0.3, 0.4) is 0 Å². The Labute approximate surface area is 146 Å². The fourth-order valence-electron chi connectivity index (χ4n) is 2.51. The monoisotopic (exact) mass is 368 g/mol. The van der Waals surface area contributed by atoms with Gasteiger partial charge >= 0.3 is 0 Å². The third-order valence-corrected chi connectivity index (χ3v) is 7.08. The molecule has 0 aliphatic rings. The second-order valence-electron chi connectivity index (χ2n) is 5.54. The van der Waals surface area contributed by atoms with Crippen LogP contribution in [0, 0.1) is 13.8 Å². The van der Waals surface area contributed by atoms with Crippen LogP contribution in [0.2, 0.25) is 0 Å². The topological polar surface area (TPSA) is 76.6 Å². The number of benzene rings is 1. The quantitative estimate of drug-likeness (QED) is 0.732. The Kier molecular flexibility index (Phi) is 5.29. The number of thiazole rings is 1. The molecule has 0 saturated heterocycles. The second kappa shape index (κ2) is 6.90. The summed E-state index contributed by atoms with van der Waals surface area (Å²) in [6, 6.07) is 4.42. The molecular weight excluding hydrogens is 348 g/mol. The highest BCUT2D eigenvalue weighted by Gasteiger charge is 2.31. The van der Waals surface area contributed by atoms with Gasteiger partial charge in [0.05, 0.1) is 29.1 Å². The number of sulfonamides is 1. The van der Waals surface area contributed by atoms with Crippen molar-refractivity contribution in [1.82, 2.24) is 4.98 Å². The summed E-state index contributed by atoms with van der Waals surface area (Å²) in [6.45, 7) is 7.02. The minimum Gasteiger partial charge on any atom is -0.496 e. The fourth-order valence-corrected chi connectivity index (χ4v) is 5.72. The summed E-state index contributed by atoms with van der Waals surface area (Å²) in [5.41, 5.74) is 1.19. The summed E-state index contributed by atoms with van der Waals surface area (Å²) < 4.78 is 32.9. The lowest BCUT2D eigenvalue weighted by molar-refractivity contribution is 0.112. The standard InChI is InChI=1S/C16H20N2O4S2/c1-10(2)18(14-6-7-15(22-5)13(8-14)9-19)24(20,21)16-11(3)17-12(4)23-16/h6-10H,1-5H3. The van der Waals surface area contributed by atoms with E-state index in [1.165, 1.54) is 17.5 Å². The molecule has 0 unspecified atom stereocenters. The zero-order valence-corrected chi connectivity index (χ0v) is 15.9. The van der Waals surface area contributed by atoms with Gasteiger partial charge in [0.2, 0.25) is 0 Å². The van der Waals surface area contributed by atoms with Gasteiger partial charge in [-0.25, -0.2) is 13.4 Å². The Morgan fingerprint density at radius 3 is 2.42 bits per heavy atom. The Bertz CT molecular complexity index is 857. The molecule has 0 aliphatic heterocycles. The van der Waals surface area contributed by atoms with Crippen molar-refractivity contribution in [3.8, 4) is 5.75 Å². The molecule has 6 nitrogen and oxygen atoms in total. The molecule has 0 radical (unpaired) electrons. The van der Waals surface area contributed by atoms with Crippen molar-refractivity contribution in [2.24, 2.45) is 0 Å². The van der Waals surface area contributed by atoms with Crippen LogP contribution in [0.1, 0.15) is 34.9 Å². The lowest BCUT2D eigenvalue weighted by Gasteiger charge is -2.28. The van der Waals surface area contributed by atoms with E-state index in [1.807, 2.05) is 0 Å². The Balaban J connectivity index is 2.62. The molecule has 24 heavy (non-hydrogen) atoms. The van der Waals surface area contributed by atoms with Gasteiger partial charge in [-0.2, -0.15) is 0 Å². The van der Waals surface area contributed by atoms with E-state index >= 15 is 0 Å². The molecule has 0 N–H and O–H groups in total. The zero-order valence-electron chi connectivity index (χ0n) is 14.2. The van der Waals surface area contributed by atoms with Crippen LogP contribution in [-0.2, 0) is 10.0 Å². The van der Waals surface area contributed by atoms with Gasteiger partial charge < -0.3 is 4.74 Å². The predicted octanol–water partition coefficient (Wildman–Crippen LogP) is 3.18. The van der Waals surface area contributed by atoms with E-state index in [0.29, 0.717) is 34.0 Å². The van der Waals surface area contributed by atoms with E-state index in [-0.39, 0.29) is 10.3 Å². The molecule has 8 heteroatoms. The fraction of sp³-hybridized carbons (Fsp3) is 0.375. The first-order valence-corrected chi connectivity index (χ1v) is 9.59. The van der Waals surface area contributed by atoms with Gasteiger partial charge in [0.15, 0.2) is 10.5 Å². The molecule has 0 fully saturated rings. The summed E-state index contributed by atoms with van der Waals surface area (Å²) >= 11 is 1.14. The van der Waals surface area contributed by atoms with E-state index in [4.69, 9.17) is 4.74 Å². The molecule has 0 saturated carbocycles. The number of methoxy groups -OCH3 is 1. The highest BCUT2D eigenvalue weighted by molar-refractivity contribution is 7.94. The number of ether oxygens (including phenoxy) is 1. The maximum atomic E-state index is 13.1. The van der Waals surface area contributed by atoms with E-state index in [9.17, 15) is 13.2 Å². The number of aromatic nitrogens is 1. The molecule has 1 aromatic heterocycles. The average molecular weight is 368 g/mol. The number of aryl methyl sites for hydroxylation is 2. The Hall–Kier alpha value is -1.93. The van der Waals surface area contributed by atoms with Gasteiger partial charge in [-0.1, -0.05) is 0 Å². The number of rotatable bonds is 6. The van der Waals surface area contributed by atoms with Crippen LogP contribution < -0.4 is 9.04 Å². The van der Waals surface area contributed by atoms with Crippen molar-refractivity contribution >= 4 is 33.3 Å². The van der Waals surface area contributed by atoms with Crippen molar-refractivity contribution in [1.29, 1.82) is 0 Å². The molecule has 1 heterocycles. The van der Waals surface area contributed by atoms with Crippen LogP contribution in [0.25, 0.3) is 0 Å². The van der Waals surface area contributed by atoms with Gasteiger partial charge in [0, 0.05) is 6.04 Å². The lowest BCUT2D eigenvalue weighted by Crippen LogP contribution is -2.37. The van der Waals surface area contributed by atoms with Gasteiger partial charge in [-0.05, 0) is 45.9 Å². The molecule has 0 spiro atoms. The normalized spacial score (nSPS) is 11.6. The molecular formula is C16H20N2O4S2. The average Bonchev–Trinajstić information content (AvgIpc) is 2.86. The first kappa shape index (κ1) is 18.4. The third-order valence-electron chi connectivity index (χ3n) is 3.42. The minimum absolute atomic E-state index is 0.220. The number of anilines is 1. The predicted molar refractivity (Wildman–Crippen MR) is 94.8 cm³/mol. The summed E-state index contributed by atoms with van der Waals surface area (Å²) in [5, 5.41) is 0.693. The summed E-state index contributed by atoms with van der Waals surface area (Å²) in [6.07, 6.45) is 0.648. The molecule has 2 aromatic rings. The minimum atomic E-state index is -3.78. The second-order valence-corrected chi connectivity index (χ2v) is 8.76. The highest BCUT2D eigenvalue weighted by atomic mass is 32.2. The Morgan fingerprint density at radius 1 is 1.29 bits per heavy atom. The molecule has 1 aromatic carbocycles. The van der Waals surface area contributed by atoms with E-state index < -0.39 is 10.0 Å². The van der Waals surface area contributed by atoms with E-state index in [1.54, 1.807) is 39.8 Å². The van der Waals surface area contributed by atoms with Gasteiger partial charge in [0.1, 0.15) is 5.75 Å². The van der Waals surface area contributed by atoms with Crippen LogP contribution in [0.15, 0.2) is 22.4 Å². The highest BCUT2D eigenvalue weighted by Crippen LogP contribution is 2.33. The molecule has 0 aliphatic carbocycles. The van der Waals surface area contributed by atoms with E-state index in [2.05, 4.69) is 4.98 Å². The first-order valence-electron chi connectivity index (χ1n) is 7.34. The molecule has 2 rings (SSSR count). The Morgan fingerprint density at radius 2 is 1.96 bits per heavy atom. The van der Waals surface area contributed by atoms with Crippen LogP contribution in [0.4, 0.5) is 5.69 Å². The number of hydrogen-bond donors (Lipinski definition) is 0.